The van der Waals surface area contributed by atoms with Crippen LogP contribution in [0.5, 0.6) is 0 Å². The van der Waals surface area contributed by atoms with Crippen molar-refractivity contribution in [3.63, 3.8) is 0 Å². The Kier molecular flexibility index (Phi) is 2.92. The summed E-state index contributed by atoms with van der Waals surface area (Å²) in [5, 5.41) is 0. The molecule has 0 aliphatic heterocycles. The highest BCUT2D eigenvalue weighted by atomic mass is 16.1. The third kappa shape index (κ3) is 2.13. The molecule has 0 aliphatic carbocycles. The molecule has 0 bridgehead atoms. The van der Waals surface area contributed by atoms with Gasteiger partial charge in [-0.1, -0.05) is 6.07 Å². The van der Waals surface area contributed by atoms with Crippen molar-refractivity contribution in [1.82, 2.24) is 0 Å². The molecule has 0 radical (unpaired) electrons. The summed E-state index contributed by atoms with van der Waals surface area (Å²) in [5.41, 5.74) is 14.6. The summed E-state index contributed by atoms with van der Waals surface area (Å²) < 4.78 is 0. The molecule has 0 fully saturated rings. The first kappa shape index (κ1) is 10.3. The van der Waals surface area contributed by atoms with E-state index in [2.05, 4.69) is 0 Å². The number of amides is 1. The van der Waals surface area contributed by atoms with Crippen LogP contribution < -0.4 is 11.5 Å². The first-order valence-electron chi connectivity index (χ1n) is 4.35. The predicted molar refractivity (Wildman–Crippen MR) is 58.6 cm³/mol. The molecule has 3 heteroatoms. The van der Waals surface area contributed by atoms with E-state index in [1.807, 2.05) is 26.0 Å². The minimum absolute atomic E-state index is 0.445. The van der Waals surface area contributed by atoms with Crippen LogP contribution in [-0.2, 0) is 4.79 Å². The highest BCUT2D eigenvalue weighted by Crippen LogP contribution is 2.20. The maximum Gasteiger partial charge on any atom is 0.241 e. The summed E-state index contributed by atoms with van der Waals surface area (Å²) in [6.45, 7) is 3.92. The minimum Gasteiger partial charge on any atom is -0.399 e. The van der Waals surface area contributed by atoms with Gasteiger partial charge in [0, 0.05) is 11.8 Å². The van der Waals surface area contributed by atoms with Crippen LogP contribution in [0.15, 0.2) is 18.2 Å². The average Bonchev–Trinajstić information content (AvgIpc) is 2.13. The van der Waals surface area contributed by atoms with Gasteiger partial charge in [-0.25, -0.2) is 0 Å². The number of nitrogens with two attached hydrogens (primary N) is 2. The summed E-state index contributed by atoms with van der Waals surface area (Å²) >= 11 is 0. The van der Waals surface area contributed by atoms with Crippen molar-refractivity contribution in [2.75, 3.05) is 5.73 Å². The molecule has 0 atom stereocenters. The normalized spacial score (nSPS) is 10.7. The van der Waals surface area contributed by atoms with Gasteiger partial charge in [0.05, 0.1) is 0 Å². The third-order valence-corrected chi connectivity index (χ3v) is 2.30. The summed E-state index contributed by atoms with van der Waals surface area (Å²) in [4.78, 5) is 10.5. The number of anilines is 1. The molecular weight excluding hydrogens is 176 g/mol. The van der Waals surface area contributed by atoms with Crippen LogP contribution in [0.1, 0.15) is 16.7 Å². The van der Waals surface area contributed by atoms with Crippen LogP contribution in [-0.4, -0.2) is 5.91 Å². The zero-order valence-corrected chi connectivity index (χ0v) is 8.37. The van der Waals surface area contributed by atoms with Crippen molar-refractivity contribution < 1.29 is 4.79 Å². The predicted octanol–water partition coefficient (Wildman–Crippen LogP) is 1.38. The number of hydrogen-bond donors (Lipinski definition) is 2. The van der Waals surface area contributed by atoms with Gasteiger partial charge in [0.15, 0.2) is 0 Å². The molecule has 0 saturated carbocycles. The zero-order chi connectivity index (χ0) is 10.7. The van der Waals surface area contributed by atoms with E-state index in [1.165, 1.54) is 6.08 Å². The summed E-state index contributed by atoms with van der Waals surface area (Å²) in [5.74, 6) is -0.445. The molecule has 0 aliphatic rings. The highest BCUT2D eigenvalue weighted by molar-refractivity contribution is 5.90. The van der Waals surface area contributed by atoms with Crippen molar-refractivity contribution in [2.24, 2.45) is 5.73 Å². The minimum atomic E-state index is -0.445. The number of hydrogen-bond acceptors (Lipinski definition) is 2. The SMILES string of the molecule is Cc1c(N)ccc(C=CC(N)=O)c1C. The fourth-order valence-electron chi connectivity index (χ4n) is 1.22. The molecule has 1 rings (SSSR count). The zero-order valence-electron chi connectivity index (χ0n) is 8.37. The quantitative estimate of drug-likeness (QED) is 0.546. The van der Waals surface area contributed by atoms with Gasteiger partial charge in [-0.05, 0) is 42.7 Å². The van der Waals surface area contributed by atoms with E-state index in [0.29, 0.717) is 0 Å². The van der Waals surface area contributed by atoms with Gasteiger partial charge in [0.25, 0.3) is 0 Å². The lowest BCUT2D eigenvalue weighted by Gasteiger charge is -2.07. The highest BCUT2D eigenvalue weighted by Gasteiger charge is 2.01. The fourth-order valence-corrected chi connectivity index (χ4v) is 1.22. The molecule has 4 N–H and O–H groups in total. The van der Waals surface area contributed by atoms with Gasteiger partial charge in [0.1, 0.15) is 0 Å². The van der Waals surface area contributed by atoms with E-state index in [0.717, 1.165) is 22.4 Å². The van der Waals surface area contributed by atoms with Crippen LogP contribution in [0.4, 0.5) is 5.69 Å². The molecule has 1 amide bonds. The Morgan fingerprint density at radius 3 is 2.50 bits per heavy atom. The van der Waals surface area contributed by atoms with Crippen LogP contribution >= 0.6 is 0 Å². The molecule has 1 aromatic rings. The number of benzene rings is 1. The van der Waals surface area contributed by atoms with Crippen LogP contribution in [0, 0.1) is 13.8 Å². The van der Waals surface area contributed by atoms with Crippen molar-refractivity contribution in [3.8, 4) is 0 Å². The van der Waals surface area contributed by atoms with Crippen molar-refractivity contribution in [2.45, 2.75) is 13.8 Å². The molecule has 0 unspecified atom stereocenters. The molecule has 3 nitrogen and oxygen atoms in total. The van der Waals surface area contributed by atoms with E-state index in [-0.39, 0.29) is 0 Å². The van der Waals surface area contributed by atoms with E-state index >= 15 is 0 Å². The number of primary amides is 1. The van der Waals surface area contributed by atoms with E-state index in [1.54, 1.807) is 6.08 Å². The van der Waals surface area contributed by atoms with Gasteiger partial charge in [-0.15, -0.1) is 0 Å². The molecule has 0 aromatic heterocycles. The van der Waals surface area contributed by atoms with Gasteiger partial charge >= 0.3 is 0 Å². The second kappa shape index (κ2) is 3.96. The largest absolute Gasteiger partial charge is 0.399 e. The first-order valence-corrected chi connectivity index (χ1v) is 4.35. The summed E-state index contributed by atoms with van der Waals surface area (Å²) in [6.07, 6.45) is 3.04. The number of nitrogen functional groups attached to an aromatic ring is 1. The molecule has 14 heavy (non-hydrogen) atoms. The first-order chi connectivity index (χ1) is 6.52. The monoisotopic (exact) mass is 190 g/mol. The van der Waals surface area contributed by atoms with Crippen LogP contribution in [0.3, 0.4) is 0 Å². The Balaban J connectivity index is 3.12. The Labute approximate surface area is 83.4 Å². The van der Waals surface area contributed by atoms with E-state index < -0.39 is 5.91 Å². The number of rotatable bonds is 2. The fraction of sp³-hybridized carbons (Fsp3) is 0.182. The second-order valence-electron chi connectivity index (χ2n) is 3.23. The second-order valence-corrected chi connectivity index (χ2v) is 3.23. The maximum absolute atomic E-state index is 10.5. The molecule has 0 heterocycles. The lowest BCUT2D eigenvalue weighted by atomic mass is 10.0. The molecular formula is C11H14N2O. The smallest absolute Gasteiger partial charge is 0.241 e. The Hall–Kier alpha value is -1.77. The molecule has 74 valence electrons. The Morgan fingerprint density at radius 1 is 1.29 bits per heavy atom. The summed E-state index contributed by atoms with van der Waals surface area (Å²) in [7, 11) is 0. The summed E-state index contributed by atoms with van der Waals surface area (Å²) in [6, 6.07) is 3.69. The average molecular weight is 190 g/mol. The molecule has 0 saturated heterocycles. The van der Waals surface area contributed by atoms with E-state index in [4.69, 9.17) is 11.5 Å². The van der Waals surface area contributed by atoms with Crippen molar-refractivity contribution in [3.05, 3.63) is 34.9 Å². The van der Waals surface area contributed by atoms with Gasteiger partial charge in [0.2, 0.25) is 5.91 Å². The van der Waals surface area contributed by atoms with Gasteiger partial charge in [-0.3, -0.25) is 4.79 Å². The van der Waals surface area contributed by atoms with Crippen molar-refractivity contribution >= 4 is 17.7 Å². The number of carbonyl (C=O) groups excluding carboxylic acids is 1. The lowest BCUT2D eigenvalue weighted by Crippen LogP contribution is -2.05. The molecule has 0 spiro atoms. The van der Waals surface area contributed by atoms with Gasteiger partial charge in [-0.2, -0.15) is 0 Å². The molecule has 1 aromatic carbocycles. The standard InChI is InChI=1S/C11H14N2O/c1-7-8(2)10(12)5-3-9(7)4-6-11(13)14/h3-6H,12H2,1-2H3,(H2,13,14). The third-order valence-electron chi connectivity index (χ3n) is 2.30. The maximum atomic E-state index is 10.5. The van der Waals surface area contributed by atoms with E-state index in [9.17, 15) is 4.79 Å². The van der Waals surface area contributed by atoms with Crippen LogP contribution in [0.2, 0.25) is 0 Å². The van der Waals surface area contributed by atoms with Crippen molar-refractivity contribution in [1.29, 1.82) is 0 Å². The number of carbonyl (C=O) groups is 1. The topological polar surface area (TPSA) is 69.1 Å². The van der Waals surface area contributed by atoms with Crippen LogP contribution in [0.25, 0.3) is 6.08 Å². The Bertz CT molecular complexity index is 395. The van der Waals surface area contributed by atoms with Gasteiger partial charge < -0.3 is 11.5 Å². The Morgan fingerprint density at radius 2 is 1.93 bits per heavy atom. The lowest BCUT2D eigenvalue weighted by molar-refractivity contribution is -0.113.